The van der Waals surface area contributed by atoms with E-state index in [-0.39, 0.29) is 5.91 Å². The van der Waals surface area contributed by atoms with Gasteiger partial charge in [0.25, 0.3) is 0 Å². The Kier molecular flexibility index (Phi) is 5.65. The number of anilines is 1. The number of carbonyl (C=O) groups excluding carboxylic acids is 2. The van der Waals surface area contributed by atoms with Crippen LogP contribution in [0.25, 0.3) is 11.3 Å². The first-order chi connectivity index (χ1) is 15.3. The van der Waals surface area contributed by atoms with Crippen molar-refractivity contribution >= 4 is 17.8 Å². The highest BCUT2D eigenvalue weighted by Crippen LogP contribution is 2.35. The van der Waals surface area contributed by atoms with Crippen LogP contribution in [0.5, 0.6) is 11.5 Å². The topological polar surface area (TPSA) is 102 Å². The maximum atomic E-state index is 12.6. The number of urea groups is 1. The number of aromatic nitrogens is 4. The molecule has 1 unspecified atom stereocenters. The molecule has 0 saturated carbocycles. The molecule has 3 aromatic heterocycles. The molecule has 1 N–H and O–H groups in total. The van der Waals surface area contributed by atoms with Crippen LogP contribution >= 0.6 is 0 Å². The van der Waals surface area contributed by atoms with Gasteiger partial charge in [0, 0.05) is 43.0 Å². The molecule has 1 atom stereocenters. The van der Waals surface area contributed by atoms with Crippen molar-refractivity contribution in [2.75, 3.05) is 11.9 Å². The second-order valence-corrected chi connectivity index (χ2v) is 8.21. The van der Waals surface area contributed by atoms with Gasteiger partial charge in [0.05, 0.1) is 17.6 Å². The summed E-state index contributed by atoms with van der Waals surface area (Å²) >= 11 is 0. The van der Waals surface area contributed by atoms with E-state index in [1.807, 2.05) is 33.2 Å². The molecule has 0 radical (unpaired) electrons. The summed E-state index contributed by atoms with van der Waals surface area (Å²) in [4.78, 5) is 35.2. The number of aryl methyl sites for hydroxylation is 2. The highest BCUT2D eigenvalue weighted by Gasteiger charge is 2.43. The lowest BCUT2D eigenvalue weighted by molar-refractivity contribution is -0.132. The van der Waals surface area contributed by atoms with Crippen molar-refractivity contribution in [1.82, 2.24) is 24.6 Å². The van der Waals surface area contributed by atoms with Gasteiger partial charge in [-0.2, -0.15) is 5.10 Å². The van der Waals surface area contributed by atoms with E-state index in [4.69, 9.17) is 4.74 Å². The zero-order valence-electron chi connectivity index (χ0n) is 18.6. The van der Waals surface area contributed by atoms with Gasteiger partial charge in [0.15, 0.2) is 0 Å². The molecular formula is C23H26N6O3. The van der Waals surface area contributed by atoms with Crippen LogP contribution in [0.3, 0.4) is 0 Å². The number of ether oxygens (including phenoxy) is 1. The van der Waals surface area contributed by atoms with Gasteiger partial charge in [-0.25, -0.2) is 9.78 Å². The average Bonchev–Trinajstić information content (AvgIpc) is 3.34. The van der Waals surface area contributed by atoms with E-state index in [2.05, 4.69) is 20.4 Å². The smallest absolute Gasteiger partial charge is 0.329 e. The Bertz CT molecular complexity index is 1170. The molecule has 1 aliphatic heterocycles. The zero-order valence-corrected chi connectivity index (χ0v) is 18.6. The number of pyridine rings is 2. The van der Waals surface area contributed by atoms with Crippen LogP contribution < -0.4 is 10.1 Å². The fourth-order valence-corrected chi connectivity index (χ4v) is 3.63. The first kappa shape index (κ1) is 21.5. The molecular weight excluding hydrogens is 408 g/mol. The Hall–Kier alpha value is -3.75. The van der Waals surface area contributed by atoms with Gasteiger partial charge in [-0.15, -0.1) is 0 Å². The Morgan fingerprint density at radius 1 is 1.31 bits per heavy atom. The van der Waals surface area contributed by atoms with E-state index in [9.17, 15) is 9.59 Å². The highest BCUT2D eigenvalue weighted by atomic mass is 16.5. The van der Waals surface area contributed by atoms with Crippen LogP contribution in [0.4, 0.5) is 10.6 Å². The predicted octanol–water partition coefficient (Wildman–Crippen LogP) is 4.16. The number of carbonyl (C=O) groups is 2. The minimum atomic E-state index is -0.475. The Morgan fingerprint density at radius 2 is 2.12 bits per heavy atom. The third-order valence-corrected chi connectivity index (χ3v) is 5.91. The summed E-state index contributed by atoms with van der Waals surface area (Å²) in [6.45, 7) is 6.07. The Labute approximate surface area is 186 Å². The number of nitrogens with zero attached hydrogens (tertiary/aromatic N) is 5. The van der Waals surface area contributed by atoms with Gasteiger partial charge in [-0.3, -0.25) is 24.7 Å². The number of rotatable bonds is 5. The Morgan fingerprint density at radius 3 is 2.78 bits per heavy atom. The van der Waals surface area contributed by atoms with Crippen molar-refractivity contribution in [2.24, 2.45) is 12.5 Å². The molecule has 4 heterocycles. The normalized spacial score (nSPS) is 18.1. The molecule has 32 heavy (non-hydrogen) atoms. The molecule has 9 heteroatoms. The standard InChI is InChI=1S/C23H26N6O3/c1-5-23(3)9-11-29(21(23)30)22(31)27-20-7-6-19(15(2)26-20)32-17-8-10-24-18(12-17)16-13-25-28(4)14-16/h6-8,10,12-14H,5,9,11H2,1-4H3,(H,26,27,31). The van der Waals surface area contributed by atoms with Crippen LogP contribution in [0.1, 0.15) is 32.4 Å². The lowest BCUT2D eigenvalue weighted by atomic mass is 9.86. The number of hydrogen-bond donors (Lipinski definition) is 1. The number of amides is 3. The van der Waals surface area contributed by atoms with Crippen LogP contribution in [0.15, 0.2) is 42.9 Å². The molecule has 1 saturated heterocycles. The summed E-state index contributed by atoms with van der Waals surface area (Å²) < 4.78 is 7.70. The summed E-state index contributed by atoms with van der Waals surface area (Å²) in [6, 6.07) is 6.53. The second kappa shape index (κ2) is 8.41. The quantitative estimate of drug-likeness (QED) is 0.647. The minimum Gasteiger partial charge on any atom is -0.455 e. The predicted molar refractivity (Wildman–Crippen MR) is 119 cm³/mol. The van der Waals surface area contributed by atoms with Crippen molar-refractivity contribution in [3.05, 3.63) is 48.5 Å². The van der Waals surface area contributed by atoms with E-state index >= 15 is 0 Å². The summed E-state index contributed by atoms with van der Waals surface area (Å²) in [5.41, 5.74) is 1.77. The van der Waals surface area contributed by atoms with Gasteiger partial charge in [0.2, 0.25) is 5.91 Å². The van der Waals surface area contributed by atoms with E-state index in [0.717, 1.165) is 11.3 Å². The van der Waals surface area contributed by atoms with Gasteiger partial charge >= 0.3 is 6.03 Å². The molecule has 4 rings (SSSR count). The SMILES string of the molecule is CCC1(C)CCN(C(=O)Nc2ccc(Oc3ccnc(-c4cnn(C)c4)c3)c(C)n2)C1=O. The number of nitrogens with one attached hydrogen (secondary N) is 1. The summed E-state index contributed by atoms with van der Waals surface area (Å²) in [5, 5.41) is 6.89. The minimum absolute atomic E-state index is 0.142. The molecule has 0 aromatic carbocycles. The van der Waals surface area contributed by atoms with E-state index in [0.29, 0.717) is 42.4 Å². The van der Waals surface area contributed by atoms with Gasteiger partial charge in [-0.1, -0.05) is 13.8 Å². The van der Waals surface area contributed by atoms with Gasteiger partial charge in [-0.05, 0) is 38.0 Å². The average molecular weight is 435 g/mol. The van der Waals surface area contributed by atoms with Crippen molar-refractivity contribution in [1.29, 1.82) is 0 Å². The first-order valence-corrected chi connectivity index (χ1v) is 10.5. The van der Waals surface area contributed by atoms with Crippen molar-refractivity contribution < 1.29 is 14.3 Å². The lowest BCUT2D eigenvalue weighted by Gasteiger charge is -2.21. The van der Waals surface area contributed by atoms with Crippen molar-refractivity contribution in [3.8, 4) is 22.8 Å². The second-order valence-electron chi connectivity index (χ2n) is 8.21. The lowest BCUT2D eigenvalue weighted by Crippen LogP contribution is -2.39. The molecule has 3 amide bonds. The molecule has 3 aromatic rings. The number of likely N-dealkylation sites (tertiary alicyclic amines) is 1. The molecule has 0 aliphatic carbocycles. The van der Waals surface area contributed by atoms with Crippen molar-refractivity contribution in [2.45, 2.75) is 33.6 Å². The fourth-order valence-electron chi connectivity index (χ4n) is 3.63. The fraction of sp³-hybridized carbons (Fsp3) is 0.348. The first-order valence-electron chi connectivity index (χ1n) is 10.5. The molecule has 166 valence electrons. The van der Waals surface area contributed by atoms with Gasteiger partial charge in [0.1, 0.15) is 17.3 Å². The van der Waals surface area contributed by atoms with Gasteiger partial charge < -0.3 is 4.74 Å². The van der Waals surface area contributed by atoms with E-state index in [1.54, 1.807) is 42.2 Å². The molecule has 1 fully saturated rings. The third-order valence-electron chi connectivity index (χ3n) is 5.91. The third kappa shape index (κ3) is 4.18. The largest absolute Gasteiger partial charge is 0.455 e. The summed E-state index contributed by atoms with van der Waals surface area (Å²) in [5.74, 6) is 1.39. The molecule has 9 nitrogen and oxygen atoms in total. The summed E-state index contributed by atoms with van der Waals surface area (Å²) in [6.07, 6.45) is 6.67. The Balaban J connectivity index is 1.45. The highest BCUT2D eigenvalue weighted by molar-refractivity contribution is 6.03. The van der Waals surface area contributed by atoms with Crippen LogP contribution in [0, 0.1) is 12.3 Å². The molecule has 0 spiro atoms. The van der Waals surface area contributed by atoms with Crippen molar-refractivity contribution in [3.63, 3.8) is 0 Å². The van der Waals surface area contributed by atoms with E-state index in [1.165, 1.54) is 4.90 Å². The zero-order chi connectivity index (χ0) is 22.9. The van der Waals surface area contributed by atoms with Crippen LogP contribution in [-0.4, -0.2) is 43.1 Å². The van der Waals surface area contributed by atoms with Crippen LogP contribution in [-0.2, 0) is 11.8 Å². The number of imide groups is 1. The molecule has 1 aliphatic rings. The van der Waals surface area contributed by atoms with Crippen LogP contribution in [0.2, 0.25) is 0 Å². The number of hydrogen-bond acceptors (Lipinski definition) is 6. The maximum absolute atomic E-state index is 12.6. The molecule has 0 bridgehead atoms. The monoisotopic (exact) mass is 434 g/mol. The van der Waals surface area contributed by atoms with E-state index < -0.39 is 11.4 Å². The summed E-state index contributed by atoms with van der Waals surface area (Å²) in [7, 11) is 1.85. The maximum Gasteiger partial charge on any atom is 0.329 e.